The largest absolute Gasteiger partial charge is 0.363 e. The first-order chi connectivity index (χ1) is 11.3. The van der Waals surface area contributed by atoms with E-state index in [2.05, 4.69) is 10.1 Å². The predicted molar refractivity (Wildman–Crippen MR) is 82.9 cm³/mol. The van der Waals surface area contributed by atoms with E-state index in [1.165, 1.54) is 28.6 Å². The Bertz CT molecular complexity index is 806. The number of sulfonamides is 1. The number of rotatable bonds is 4. The van der Waals surface area contributed by atoms with Gasteiger partial charge in [-0.05, 0) is 31.5 Å². The molecule has 0 saturated carbocycles. The third-order valence-corrected chi connectivity index (χ3v) is 5.48. The fraction of sp³-hybridized carbons (Fsp3) is 0.467. The highest BCUT2D eigenvalue weighted by molar-refractivity contribution is 7.88. The van der Waals surface area contributed by atoms with Crippen LogP contribution in [0.4, 0.5) is 4.39 Å². The highest BCUT2D eigenvalue weighted by atomic mass is 32.2. The van der Waals surface area contributed by atoms with Gasteiger partial charge >= 0.3 is 0 Å². The van der Waals surface area contributed by atoms with Crippen molar-refractivity contribution in [3.05, 3.63) is 47.4 Å². The van der Waals surface area contributed by atoms with E-state index in [4.69, 9.17) is 9.26 Å². The molecule has 0 bridgehead atoms. The molecule has 0 unspecified atom stereocenters. The number of halogens is 1. The lowest BCUT2D eigenvalue weighted by atomic mass is 10.2. The molecule has 7 nitrogen and oxygen atoms in total. The summed E-state index contributed by atoms with van der Waals surface area (Å²) in [5.74, 6) is 0.131. The van der Waals surface area contributed by atoms with E-state index in [-0.39, 0.29) is 30.8 Å². The molecule has 1 aromatic heterocycles. The lowest BCUT2D eigenvalue weighted by Crippen LogP contribution is -2.46. The average Bonchev–Trinajstić information content (AvgIpc) is 2.95. The molecule has 130 valence electrons. The maximum Gasteiger partial charge on any atom is 0.257 e. The van der Waals surface area contributed by atoms with Crippen molar-refractivity contribution in [2.24, 2.45) is 0 Å². The Labute approximate surface area is 139 Å². The quantitative estimate of drug-likeness (QED) is 0.831. The van der Waals surface area contributed by atoms with Crippen molar-refractivity contribution in [1.29, 1.82) is 0 Å². The zero-order valence-electron chi connectivity index (χ0n) is 13.3. The normalized spacial score (nSPS) is 22.6. The van der Waals surface area contributed by atoms with E-state index in [1.54, 1.807) is 13.8 Å². The summed E-state index contributed by atoms with van der Waals surface area (Å²) in [6, 6.07) is 5.43. The van der Waals surface area contributed by atoms with Crippen molar-refractivity contribution in [3.63, 3.8) is 0 Å². The predicted octanol–water partition coefficient (Wildman–Crippen LogP) is 1.81. The SMILES string of the molecule is Cc1noc([C@H]2CN(S(=O)(=O)Cc3ccc(F)cc3)C[C@@H](C)O2)n1. The van der Waals surface area contributed by atoms with E-state index in [1.807, 2.05) is 0 Å². The van der Waals surface area contributed by atoms with Crippen LogP contribution in [-0.2, 0) is 20.5 Å². The number of aromatic nitrogens is 2. The van der Waals surface area contributed by atoms with Gasteiger partial charge in [0, 0.05) is 13.1 Å². The summed E-state index contributed by atoms with van der Waals surface area (Å²) in [7, 11) is -3.58. The Hall–Kier alpha value is -1.84. The molecule has 3 rings (SSSR count). The number of ether oxygens (including phenoxy) is 1. The Kier molecular flexibility index (Phi) is 4.66. The molecule has 0 amide bonds. The molecule has 0 N–H and O–H groups in total. The Balaban J connectivity index is 1.77. The summed E-state index contributed by atoms with van der Waals surface area (Å²) in [5.41, 5.74) is 0.528. The second-order valence-corrected chi connectivity index (χ2v) is 7.78. The van der Waals surface area contributed by atoms with Gasteiger partial charge in [-0.2, -0.15) is 9.29 Å². The minimum atomic E-state index is -3.58. The standard InChI is InChI=1S/C15H18FN3O4S/c1-10-7-19(8-14(22-10)15-17-11(2)18-23-15)24(20,21)9-12-3-5-13(16)6-4-12/h3-6,10,14H,7-9H2,1-2H3/t10-,14-/m1/s1. The molecule has 1 fully saturated rings. The first-order valence-corrected chi connectivity index (χ1v) is 9.12. The maximum atomic E-state index is 13.0. The summed E-state index contributed by atoms with van der Waals surface area (Å²) in [6.45, 7) is 3.82. The molecule has 1 aliphatic heterocycles. The lowest BCUT2D eigenvalue weighted by molar-refractivity contribution is -0.0691. The van der Waals surface area contributed by atoms with Crippen LogP contribution in [0.2, 0.25) is 0 Å². The Morgan fingerprint density at radius 2 is 2.00 bits per heavy atom. The van der Waals surface area contributed by atoms with Gasteiger partial charge in [0.15, 0.2) is 11.9 Å². The van der Waals surface area contributed by atoms with Crippen molar-refractivity contribution in [1.82, 2.24) is 14.4 Å². The van der Waals surface area contributed by atoms with Crippen LogP contribution in [0.5, 0.6) is 0 Å². The molecule has 2 atom stereocenters. The van der Waals surface area contributed by atoms with E-state index in [0.717, 1.165) is 0 Å². The van der Waals surface area contributed by atoms with Crippen LogP contribution >= 0.6 is 0 Å². The van der Waals surface area contributed by atoms with E-state index in [9.17, 15) is 12.8 Å². The van der Waals surface area contributed by atoms with Crippen molar-refractivity contribution < 1.29 is 22.1 Å². The summed E-state index contributed by atoms with van der Waals surface area (Å²) in [6.07, 6.45) is -0.906. The fourth-order valence-electron chi connectivity index (χ4n) is 2.60. The summed E-state index contributed by atoms with van der Waals surface area (Å²) in [4.78, 5) is 4.11. The lowest BCUT2D eigenvalue weighted by Gasteiger charge is -2.34. The highest BCUT2D eigenvalue weighted by Crippen LogP contribution is 2.26. The van der Waals surface area contributed by atoms with Crippen LogP contribution in [-0.4, -0.2) is 42.1 Å². The van der Waals surface area contributed by atoms with Gasteiger partial charge < -0.3 is 9.26 Å². The van der Waals surface area contributed by atoms with E-state index in [0.29, 0.717) is 11.4 Å². The third-order valence-electron chi connectivity index (χ3n) is 3.70. The minimum Gasteiger partial charge on any atom is -0.363 e. The smallest absolute Gasteiger partial charge is 0.257 e. The molecule has 0 spiro atoms. The minimum absolute atomic E-state index is 0.107. The topological polar surface area (TPSA) is 85.5 Å². The molecule has 1 aromatic carbocycles. The van der Waals surface area contributed by atoms with E-state index >= 15 is 0 Å². The monoisotopic (exact) mass is 355 g/mol. The molecule has 1 saturated heterocycles. The molecular weight excluding hydrogens is 337 g/mol. The fourth-order valence-corrected chi connectivity index (χ4v) is 4.20. The van der Waals surface area contributed by atoms with Gasteiger partial charge in [-0.1, -0.05) is 17.3 Å². The molecule has 1 aliphatic rings. The van der Waals surface area contributed by atoms with Crippen LogP contribution in [0, 0.1) is 12.7 Å². The summed E-state index contributed by atoms with van der Waals surface area (Å²) >= 11 is 0. The second-order valence-electron chi connectivity index (χ2n) is 5.81. The van der Waals surface area contributed by atoms with Gasteiger partial charge in [0.05, 0.1) is 11.9 Å². The summed E-state index contributed by atoms with van der Waals surface area (Å²) < 4.78 is 50.5. The van der Waals surface area contributed by atoms with Crippen molar-refractivity contribution in [3.8, 4) is 0 Å². The van der Waals surface area contributed by atoms with Crippen LogP contribution in [0.15, 0.2) is 28.8 Å². The number of benzene rings is 1. The number of hydrogen-bond acceptors (Lipinski definition) is 6. The van der Waals surface area contributed by atoms with Crippen LogP contribution in [0.3, 0.4) is 0 Å². The highest BCUT2D eigenvalue weighted by Gasteiger charge is 2.36. The van der Waals surface area contributed by atoms with Gasteiger partial charge in [0.2, 0.25) is 10.0 Å². The molecule has 2 aromatic rings. The van der Waals surface area contributed by atoms with Gasteiger partial charge in [-0.15, -0.1) is 0 Å². The van der Waals surface area contributed by atoms with Gasteiger partial charge in [-0.3, -0.25) is 0 Å². The third kappa shape index (κ3) is 3.80. The Morgan fingerprint density at radius 1 is 1.29 bits per heavy atom. The second kappa shape index (κ2) is 6.58. The molecule has 0 radical (unpaired) electrons. The van der Waals surface area contributed by atoms with Crippen LogP contribution < -0.4 is 0 Å². The van der Waals surface area contributed by atoms with Gasteiger partial charge in [0.25, 0.3) is 5.89 Å². The van der Waals surface area contributed by atoms with Crippen molar-refractivity contribution in [2.75, 3.05) is 13.1 Å². The number of hydrogen-bond donors (Lipinski definition) is 0. The van der Waals surface area contributed by atoms with Crippen molar-refractivity contribution in [2.45, 2.75) is 31.8 Å². The molecule has 0 aliphatic carbocycles. The first kappa shape index (κ1) is 17.0. The molecular formula is C15H18FN3O4S. The van der Waals surface area contributed by atoms with Crippen LogP contribution in [0.1, 0.15) is 30.3 Å². The number of nitrogens with zero attached hydrogens (tertiary/aromatic N) is 3. The molecule has 24 heavy (non-hydrogen) atoms. The Morgan fingerprint density at radius 3 is 2.62 bits per heavy atom. The van der Waals surface area contributed by atoms with Crippen molar-refractivity contribution >= 4 is 10.0 Å². The average molecular weight is 355 g/mol. The number of morpholine rings is 1. The summed E-state index contributed by atoms with van der Waals surface area (Å²) in [5, 5.41) is 3.71. The molecule has 2 heterocycles. The molecule has 9 heteroatoms. The maximum absolute atomic E-state index is 13.0. The zero-order valence-corrected chi connectivity index (χ0v) is 14.2. The van der Waals surface area contributed by atoms with Gasteiger partial charge in [-0.25, -0.2) is 12.8 Å². The zero-order chi connectivity index (χ0) is 17.3. The number of aryl methyl sites for hydroxylation is 1. The first-order valence-electron chi connectivity index (χ1n) is 7.51. The van der Waals surface area contributed by atoms with Crippen LogP contribution in [0.25, 0.3) is 0 Å². The van der Waals surface area contributed by atoms with E-state index < -0.39 is 21.9 Å². The van der Waals surface area contributed by atoms with Gasteiger partial charge in [0.1, 0.15) is 5.82 Å².